The molecule has 6 nitrogen and oxygen atoms in total. The second-order valence-corrected chi connectivity index (χ2v) is 8.13. The first-order chi connectivity index (χ1) is 16.0. The summed E-state index contributed by atoms with van der Waals surface area (Å²) in [4.78, 5) is 29.8. The van der Waals surface area contributed by atoms with Crippen molar-refractivity contribution >= 4 is 17.8 Å². The second kappa shape index (κ2) is 10.6. The van der Waals surface area contributed by atoms with Crippen molar-refractivity contribution in [1.82, 2.24) is 9.80 Å². The molecule has 1 fully saturated rings. The molecule has 2 aromatic rings. The van der Waals surface area contributed by atoms with Gasteiger partial charge in [-0.05, 0) is 35.8 Å². The van der Waals surface area contributed by atoms with Gasteiger partial charge in [-0.1, -0.05) is 48.5 Å². The van der Waals surface area contributed by atoms with Crippen molar-refractivity contribution in [1.29, 1.82) is 0 Å². The molecule has 4 rings (SSSR count). The van der Waals surface area contributed by atoms with Crippen LogP contribution in [-0.4, -0.2) is 66.0 Å². The maximum absolute atomic E-state index is 14.0. The summed E-state index contributed by atoms with van der Waals surface area (Å²) in [6.45, 7) is 4.13. The van der Waals surface area contributed by atoms with Gasteiger partial charge in [-0.15, -0.1) is 0 Å². The lowest BCUT2D eigenvalue weighted by atomic mass is 9.95. The van der Waals surface area contributed by atoms with E-state index in [4.69, 9.17) is 4.74 Å². The van der Waals surface area contributed by atoms with E-state index >= 15 is 0 Å². The number of carbonyl (C=O) groups excluding carboxylic acids is 2. The lowest BCUT2D eigenvalue weighted by Crippen LogP contribution is -2.39. The van der Waals surface area contributed by atoms with Crippen molar-refractivity contribution in [3.05, 3.63) is 88.9 Å². The Morgan fingerprint density at radius 2 is 1.85 bits per heavy atom. The van der Waals surface area contributed by atoms with E-state index < -0.39 is 29.3 Å². The fourth-order valence-electron chi connectivity index (χ4n) is 4.27. The van der Waals surface area contributed by atoms with Crippen LogP contribution in [0.5, 0.6) is 0 Å². The molecule has 33 heavy (non-hydrogen) atoms. The number of ether oxygens (including phenoxy) is 1. The largest absolute Gasteiger partial charge is 0.503 e. The Labute approximate surface area is 192 Å². The maximum Gasteiger partial charge on any atom is 0.290 e. The van der Waals surface area contributed by atoms with E-state index in [0.717, 1.165) is 25.2 Å². The summed E-state index contributed by atoms with van der Waals surface area (Å²) in [6.07, 6.45) is 3.64. The monoisotopic (exact) mass is 450 g/mol. The highest BCUT2D eigenvalue weighted by Gasteiger charge is 2.42. The van der Waals surface area contributed by atoms with E-state index in [-0.39, 0.29) is 5.57 Å². The fourth-order valence-corrected chi connectivity index (χ4v) is 4.27. The van der Waals surface area contributed by atoms with Gasteiger partial charge in [-0.25, -0.2) is 4.39 Å². The molecule has 1 unspecified atom stereocenters. The number of nitrogens with zero attached hydrogens (tertiary/aromatic N) is 2. The lowest BCUT2D eigenvalue weighted by molar-refractivity contribution is -0.129. The van der Waals surface area contributed by atoms with E-state index in [1.54, 1.807) is 18.2 Å². The van der Waals surface area contributed by atoms with E-state index in [0.29, 0.717) is 31.7 Å². The molecule has 0 spiro atoms. The quantitative estimate of drug-likeness (QED) is 0.623. The normalized spacial score (nSPS) is 19.6. The molecular formula is C26H27FN2O4. The van der Waals surface area contributed by atoms with Crippen molar-refractivity contribution < 1.29 is 23.8 Å². The molecule has 0 aliphatic carbocycles. The Balaban J connectivity index is 1.57. The van der Waals surface area contributed by atoms with Crippen LogP contribution >= 0.6 is 0 Å². The average Bonchev–Trinajstić information content (AvgIpc) is 3.09. The van der Waals surface area contributed by atoms with Crippen molar-refractivity contribution in [2.75, 3.05) is 39.4 Å². The van der Waals surface area contributed by atoms with E-state index in [1.807, 2.05) is 30.3 Å². The summed E-state index contributed by atoms with van der Waals surface area (Å²) in [5, 5.41) is 10.7. The van der Waals surface area contributed by atoms with Crippen LogP contribution in [-0.2, 0) is 14.3 Å². The molecule has 7 heteroatoms. The number of hydrogen-bond donors (Lipinski definition) is 1. The molecule has 2 heterocycles. The highest BCUT2D eigenvalue weighted by molar-refractivity contribution is 6.14. The first-order valence-electron chi connectivity index (χ1n) is 11.1. The highest BCUT2D eigenvalue weighted by Crippen LogP contribution is 2.38. The molecule has 1 saturated heterocycles. The number of hydrogen-bond acceptors (Lipinski definition) is 5. The number of aliphatic hydroxyl groups excluding tert-OH is 1. The highest BCUT2D eigenvalue weighted by atomic mass is 19.1. The predicted octanol–water partition coefficient (Wildman–Crippen LogP) is 3.53. The molecule has 1 N–H and O–H groups in total. The fraction of sp³-hybridized carbons (Fsp3) is 0.308. The molecular weight excluding hydrogens is 423 g/mol. The summed E-state index contributed by atoms with van der Waals surface area (Å²) >= 11 is 0. The van der Waals surface area contributed by atoms with E-state index in [9.17, 15) is 19.1 Å². The summed E-state index contributed by atoms with van der Waals surface area (Å²) in [7, 11) is 0. The van der Waals surface area contributed by atoms with Crippen LogP contribution < -0.4 is 0 Å². The Bertz CT molecular complexity index is 1060. The van der Waals surface area contributed by atoms with Gasteiger partial charge in [0.1, 0.15) is 5.82 Å². The van der Waals surface area contributed by atoms with Gasteiger partial charge in [0, 0.05) is 26.2 Å². The zero-order valence-corrected chi connectivity index (χ0v) is 18.3. The molecule has 0 saturated carbocycles. The number of rotatable bonds is 8. The molecule has 0 bridgehead atoms. The van der Waals surface area contributed by atoms with Gasteiger partial charge in [-0.3, -0.25) is 14.5 Å². The minimum absolute atomic E-state index is 0.0239. The Hall–Kier alpha value is -3.29. The Morgan fingerprint density at radius 3 is 2.58 bits per heavy atom. The summed E-state index contributed by atoms with van der Waals surface area (Å²) in [5.41, 5.74) is 1.25. The van der Waals surface area contributed by atoms with Gasteiger partial charge in [0.15, 0.2) is 11.5 Å². The predicted molar refractivity (Wildman–Crippen MR) is 123 cm³/mol. The number of carbonyl (C=O) groups is 2. The second-order valence-electron chi connectivity index (χ2n) is 8.13. The lowest BCUT2D eigenvalue weighted by Gasteiger charge is -2.29. The van der Waals surface area contributed by atoms with Crippen LogP contribution in [0.4, 0.5) is 4.39 Å². The standard InChI is InChI=1S/C26H27FN2O4/c27-21-9-4-8-20(18-21)24-23(22(30)11-10-19-6-2-1-3-7-19)25(31)26(32)29(24)13-5-12-28-14-16-33-17-15-28/h1-4,6-11,18,24,31H,5,12-17H2/b11-10+. The molecule has 2 aromatic carbocycles. The molecule has 2 aliphatic rings. The maximum atomic E-state index is 14.0. The Morgan fingerprint density at radius 1 is 1.09 bits per heavy atom. The van der Waals surface area contributed by atoms with Crippen molar-refractivity contribution in [2.45, 2.75) is 12.5 Å². The molecule has 172 valence electrons. The van der Waals surface area contributed by atoms with Gasteiger partial charge in [-0.2, -0.15) is 0 Å². The van der Waals surface area contributed by atoms with Crippen LogP contribution in [0.25, 0.3) is 6.08 Å². The SMILES string of the molecule is O=C(/C=C/c1ccccc1)C1=C(O)C(=O)N(CCCN2CCOCC2)C1c1cccc(F)c1. The minimum atomic E-state index is -0.842. The smallest absolute Gasteiger partial charge is 0.290 e. The molecule has 0 radical (unpaired) electrons. The van der Waals surface area contributed by atoms with Crippen molar-refractivity contribution in [3.63, 3.8) is 0 Å². The van der Waals surface area contributed by atoms with Gasteiger partial charge in [0.05, 0.1) is 24.8 Å². The summed E-state index contributed by atoms with van der Waals surface area (Å²) in [5.74, 6) is -2.12. The number of allylic oxidation sites excluding steroid dienone is 1. The minimum Gasteiger partial charge on any atom is -0.503 e. The third kappa shape index (κ3) is 5.38. The number of benzene rings is 2. The van der Waals surface area contributed by atoms with Crippen LogP contribution in [0.3, 0.4) is 0 Å². The zero-order valence-electron chi connectivity index (χ0n) is 18.3. The Kier molecular flexibility index (Phi) is 7.32. The molecule has 1 atom stereocenters. The zero-order chi connectivity index (χ0) is 23.2. The number of aliphatic hydroxyl groups is 1. The summed E-state index contributed by atoms with van der Waals surface area (Å²) < 4.78 is 19.4. The number of morpholine rings is 1. The number of halogens is 1. The van der Waals surface area contributed by atoms with E-state index in [2.05, 4.69) is 4.90 Å². The van der Waals surface area contributed by atoms with Crippen LogP contribution in [0, 0.1) is 5.82 Å². The van der Waals surface area contributed by atoms with Crippen LogP contribution in [0.15, 0.2) is 72.0 Å². The third-order valence-electron chi connectivity index (χ3n) is 5.94. The molecule has 2 aliphatic heterocycles. The topological polar surface area (TPSA) is 70.1 Å². The van der Waals surface area contributed by atoms with Crippen molar-refractivity contribution in [2.24, 2.45) is 0 Å². The molecule has 1 amide bonds. The van der Waals surface area contributed by atoms with Gasteiger partial charge in [0.2, 0.25) is 0 Å². The van der Waals surface area contributed by atoms with Crippen molar-refractivity contribution in [3.8, 4) is 0 Å². The van der Waals surface area contributed by atoms with Gasteiger partial charge < -0.3 is 14.7 Å². The van der Waals surface area contributed by atoms with Gasteiger partial charge >= 0.3 is 0 Å². The number of amides is 1. The average molecular weight is 451 g/mol. The summed E-state index contributed by atoms with van der Waals surface area (Å²) in [6, 6.07) is 14.3. The first-order valence-corrected chi connectivity index (χ1v) is 11.1. The van der Waals surface area contributed by atoms with Crippen LogP contribution in [0.2, 0.25) is 0 Å². The van der Waals surface area contributed by atoms with Crippen LogP contribution in [0.1, 0.15) is 23.6 Å². The van der Waals surface area contributed by atoms with E-state index in [1.165, 1.54) is 23.1 Å². The molecule has 0 aromatic heterocycles. The third-order valence-corrected chi connectivity index (χ3v) is 5.94. The first kappa shape index (κ1) is 22.9. The number of ketones is 1. The van der Waals surface area contributed by atoms with Gasteiger partial charge in [0.25, 0.3) is 5.91 Å².